The lowest BCUT2D eigenvalue weighted by Crippen LogP contribution is -2.40. The van der Waals surface area contributed by atoms with E-state index in [0.717, 1.165) is 34.1 Å². The number of thiazole rings is 1. The molecule has 1 atom stereocenters. The van der Waals surface area contributed by atoms with E-state index in [1.165, 1.54) is 11.3 Å². The van der Waals surface area contributed by atoms with Gasteiger partial charge in [-0.2, -0.15) is 0 Å². The Labute approximate surface area is 268 Å². The van der Waals surface area contributed by atoms with E-state index in [4.69, 9.17) is 30.8 Å². The normalized spacial score (nSPS) is 14.8. The second-order valence-corrected chi connectivity index (χ2v) is 11.9. The Bertz CT molecular complexity index is 2130. The highest BCUT2D eigenvalue weighted by Crippen LogP contribution is 2.38. The number of nitrogens with one attached hydrogen (secondary N) is 1. The number of carbonyl (C=O) groups is 1. The molecule has 230 valence electrons. The number of aromatic amines is 1. The average molecular weight is 642 g/mol. The summed E-state index contributed by atoms with van der Waals surface area (Å²) in [6, 6.07) is 20.1. The number of H-pyrrole nitrogens is 1. The molecule has 3 heterocycles. The first-order valence-electron chi connectivity index (χ1n) is 14.7. The fourth-order valence-corrected chi connectivity index (χ4v) is 6.95. The van der Waals surface area contributed by atoms with Crippen LogP contribution in [-0.4, -0.2) is 36.3 Å². The fraction of sp³-hybridized carbons (Fsp3) is 0.229. The lowest BCUT2D eigenvalue weighted by Gasteiger charge is -2.27. The molecule has 0 amide bonds. The molecule has 1 aliphatic rings. The second kappa shape index (κ2) is 12.8. The molecule has 8 nitrogen and oxygen atoms in total. The molecule has 45 heavy (non-hydrogen) atoms. The van der Waals surface area contributed by atoms with Crippen LogP contribution in [0.4, 0.5) is 0 Å². The Hall–Kier alpha value is -4.60. The summed E-state index contributed by atoms with van der Waals surface area (Å²) in [6.07, 6.45) is 3.16. The highest BCUT2D eigenvalue weighted by atomic mass is 35.5. The number of rotatable bonds is 9. The molecule has 3 aromatic carbocycles. The van der Waals surface area contributed by atoms with Crippen LogP contribution in [-0.2, 0) is 9.53 Å². The Kier molecular flexibility index (Phi) is 8.65. The molecule has 2 aromatic heterocycles. The number of allylic oxidation sites excluding steroid dienone is 1. The molecule has 6 rings (SSSR count). The first-order valence-corrected chi connectivity index (χ1v) is 15.9. The summed E-state index contributed by atoms with van der Waals surface area (Å²) >= 11 is 7.76. The van der Waals surface area contributed by atoms with Crippen LogP contribution in [0, 0.1) is 0 Å². The molecule has 1 N–H and O–H groups in total. The maximum Gasteiger partial charge on any atom is 0.338 e. The minimum atomic E-state index is -0.852. The number of halogens is 1. The van der Waals surface area contributed by atoms with Crippen LogP contribution in [0.2, 0.25) is 5.02 Å². The molecule has 0 saturated carbocycles. The van der Waals surface area contributed by atoms with E-state index in [9.17, 15) is 9.59 Å². The van der Waals surface area contributed by atoms with Gasteiger partial charge in [-0.1, -0.05) is 66.6 Å². The molecule has 0 radical (unpaired) electrons. The monoisotopic (exact) mass is 641 g/mol. The SMILES string of the molecule is CCCC1=C(C(=O)OCC)[C@H](c2cc(Cl)ccc2OC)n2c(s/c(=C/c3c(-c4ccccc4)[nH]c4ccc(OC)cc34)c2=O)=N1. The number of ether oxygens (including phenoxy) is 3. The lowest BCUT2D eigenvalue weighted by atomic mass is 9.93. The van der Waals surface area contributed by atoms with Gasteiger partial charge in [0.05, 0.1) is 42.3 Å². The molecule has 0 saturated heterocycles. The molecule has 0 unspecified atom stereocenters. The number of hydrogen-bond acceptors (Lipinski definition) is 7. The van der Waals surface area contributed by atoms with E-state index in [1.807, 2.05) is 61.5 Å². The average Bonchev–Trinajstić information content (AvgIpc) is 3.57. The number of fused-ring (bicyclic) bond motifs is 2. The maximum absolute atomic E-state index is 14.5. The van der Waals surface area contributed by atoms with Gasteiger partial charge in [0.15, 0.2) is 4.80 Å². The van der Waals surface area contributed by atoms with Crippen molar-refractivity contribution in [2.45, 2.75) is 32.7 Å². The van der Waals surface area contributed by atoms with Crippen molar-refractivity contribution in [3.8, 4) is 22.8 Å². The maximum atomic E-state index is 14.5. The van der Waals surface area contributed by atoms with Crippen molar-refractivity contribution < 1.29 is 19.0 Å². The minimum Gasteiger partial charge on any atom is -0.497 e. The van der Waals surface area contributed by atoms with Crippen LogP contribution < -0.4 is 24.4 Å². The van der Waals surface area contributed by atoms with Crippen molar-refractivity contribution in [1.82, 2.24) is 9.55 Å². The topological polar surface area (TPSA) is 94.9 Å². The summed E-state index contributed by atoms with van der Waals surface area (Å²) in [6.45, 7) is 3.95. The van der Waals surface area contributed by atoms with Crippen LogP contribution in [0.3, 0.4) is 0 Å². The van der Waals surface area contributed by atoms with Crippen LogP contribution >= 0.6 is 22.9 Å². The van der Waals surface area contributed by atoms with E-state index in [0.29, 0.717) is 49.1 Å². The highest BCUT2D eigenvalue weighted by molar-refractivity contribution is 7.07. The van der Waals surface area contributed by atoms with Crippen LogP contribution in [0.1, 0.15) is 43.9 Å². The lowest BCUT2D eigenvalue weighted by molar-refractivity contribution is -0.139. The van der Waals surface area contributed by atoms with Crippen LogP contribution in [0.15, 0.2) is 87.8 Å². The Morgan fingerprint density at radius 1 is 1.07 bits per heavy atom. The van der Waals surface area contributed by atoms with Gasteiger partial charge in [0.25, 0.3) is 5.56 Å². The molecule has 5 aromatic rings. The molecule has 0 aliphatic carbocycles. The quantitative estimate of drug-likeness (QED) is 0.188. The van der Waals surface area contributed by atoms with E-state index in [-0.39, 0.29) is 12.2 Å². The Balaban J connectivity index is 1.67. The number of aromatic nitrogens is 2. The van der Waals surface area contributed by atoms with Crippen molar-refractivity contribution in [2.75, 3.05) is 20.8 Å². The summed E-state index contributed by atoms with van der Waals surface area (Å²) < 4.78 is 18.8. The van der Waals surface area contributed by atoms with Crippen molar-refractivity contribution >= 4 is 45.9 Å². The molecule has 1 aliphatic heterocycles. The predicted molar refractivity (Wildman–Crippen MR) is 178 cm³/mol. The molecular formula is C35H32ClN3O5S. The number of hydrogen-bond donors (Lipinski definition) is 1. The van der Waals surface area contributed by atoms with Gasteiger partial charge in [-0.15, -0.1) is 0 Å². The number of methoxy groups -OCH3 is 2. The first kappa shape index (κ1) is 30.4. The zero-order valence-corrected chi connectivity index (χ0v) is 26.9. The van der Waals surface area contributed by atoms with Crippen LogP contribution in [0.25, 0.3) is 28.2 Å². The molecular weight excluding hydrogens is 610 g/mol. The largest absolute Gasteiger partial charge is 0.497 e. The van der Waals surface area contributed by atoms with E-state index >= 15 is 0 Å². The summed E-state index contributed by atoms with van der Waals surface area (Å²) in [5.41, 5.74) is 4.77. The minimum absolute atomic E-state index is 0.178. The Morgan fingerprint density at radius 3 is 2.58 bits per heavy atom. The standard InChI is InChI=1S/C35H32ClN3O5S/c1-5-10-27-30(34(41)44-6-2)32(25-17-21(36)13-16-28(25)43-4)39-33(40)29(45-35(39)38-27)19-24-23-18-22(42-3)14-15-26(23)37-31(24)20-11-8-7-9-12-20/h7-9,11-19,32,37H,5-6,10H2,1-4H3/b29-19+/t32-/m0/s1. The first-order chi connectivity index (χ1) is 21.9. The third kappa shape index (κ3) is 5.58. The molecule has 0 bridgehead atoms. The van der Waals surface area contributed by atoms with Gasteiger partial charge in [0.1, 0.15) is 17.5 Å². The van der Waals surface area contributed by atoms with E-state index in [2.05, 4.69) is 4.98 Å². The van der Waals surface area contributed by atoms with Gasteiger partial charge in [0, 0.05) is 27.1 Å². The third-order valence-corrected chi connectivity index (χ3v) is 8.98. The number of nitrogens with zero attached hydrogens (tertiary/aromatic N) is 2. The summed E-state index contributed by atoms with van der Waals surface area (Å²) in [7, 11) is 3.18. The van der Waals surface area contributed by atoms with Gasteiger partial charge < -0.3 is 19.2 Å². The summed E-state index contributed by atoms with van der Waals surface area (Å²) in [5.74, 6) is 0.670. The predicted octanol–water partition coefficient (Wildman–Crippen LogP) is 6.40. The van der Waals surface area contributed by atoms with Gasteiger partial charge in [-0.3, -0.25) is 9.36 Å². The Morgan fingerprint density at radius 2 is 1.87 bits per heavy atom. The van der Waals surface area contributed by atoms with Gasteiger partial charge in [0.2, 0.25) is 0 Å². The zero-order valence-electron chi connectivity index (χ0n) is 25.3. The van der Waals surface area contributed by atoms with Crippen molar-refractivity contribution in [3.63, 3.8) is 0 Å². The van der Waals surface area contributed by atoms with E-state index in [1.54, 1.807) is 43.9 Å². The fourth-order valence-electron chi connectivity index (χ4n) is 5.77. The number of benzene rings is 3. The molecule has 0 spiro atoms. The molecule has 0 fully saturated rings. The third-order valence-electron chi connectivity index (χ3n) is 7.76. The number of esters is 1. The highest BCUT2D eigenvalue weighted by Gasteiger charge is 2.36. The van der Waals surface area contributed by atoms with Crippen molar-refractivity contribution in [2.24, 2.45) is 4.99 Å². The van der Waals surface area contributed by atoms with Crippen molar-refractivity contribution in [3.05, 3.63) is 114 Å². The van der Waals surface area contributed by atoms with Crippen molar-refractivity contribution in [1.29, 1.82) is 0 Å². The smallest absolute Gasteiger partial charge is 0.338 e. The van der Waals surface area contributed by atoms with Gasteiger partial charge in [-0.05, 0) is 61.4 Å². The number of carbonyl (C=O) groups excluding carboxylic acids is 1. The summed E-state index contributed by atoms with van der Waals surface area (Å²) in [4.78, 5) is 37.0. The van der Waals surface area contributed by atoms with Gasteiger partial charge >= 0.3 is 5.97 Å². The zero-order chi connectivity index (χ0) is 31.7. The van der Waals surface area contributed by atoms with Gasteiger partial charge in [-0.25, -0.2) is 9.79 Å². The van der Waals surface area contributed by atoms with E-state index < -0.39 is 12.0 Å². The summed E-state index contributed by atoms with van der Waals surface area (Å²) in [5, 5.41) is 1.36. The molecule has 10 heteroatoms. The van der Waals surface area contributed by atoms with Crippen LogP contribution in [0.5, 0.6) is 11.5 Å². The second-order valence-electron chi connectivity index (χ2n) is 10.5.